The first-order valence-electron chi connectivity index (χ1n) is 7.67. The topological polar surface area (TPSA) is 128 Å². The number of carbonyl (C=O) groups is 2. The molecule has 1 amide bonds. The zero-order valence-electron chi connectivity index (χ0n) is 14.6. The summed E-state index contributed by atoms with van der Waals surface area (Å²) in [5.74, 6) is -1.10. The first-order valence-corrected chi connectivity index (χ1v) is 10.0. The largest absolute Gasteiger partial charge is 0.465 e. The van der Waals surface area contributed by atoms with Crippen molar-refractivity contribution in [1.82, 2.24) is 0 Å². The molecule has 0 saturated carbocycles. The van der Waals surface area contributed by atoms with Crippen molar-refractivity contribution in [3.8, 4) is 0 Å². The summed E-state index contributed by atoms with van der Waals surface area (Å²) >= 11 is 3.35. The third kappa shape index (κ3) is 5.52. The van der Waals surface area contributed by atoms with E-state index in [9.17, 15) is 18.0 Å². The summed E-state index contributed by atoms with van der Waals surface area (Å²) < 4.78 is 28.5. The summed E-state index contributed by atoms with van der Waals surface area (Å²) in [4.78, 5) is 23.9. The van der Waals surface area contributed by atoms with Crippen LogP contribution in [0.5, 0.6) is 0 Å². The summed E-state index contributed by atoms with van der Waals surface area (Å²) in [5, 5.41) is 10.6. The maximum atomic E-state index is 12.2. The van der Waals surface area contributed by atoms with Crippen LogP contribution < -0.4 is 15.8 Å². The van der Waals surface area contributed by atoms with Crippen LogP contribution in [-0.2, 0) is 19.6 Å². The first-order chi connectivity index (χ1) is 12.6. The summed E-state index contributed by atoms with van der Waals surface area (Å²) in [6.07, 6.45) is 0. The zero-order valence-corrected chi connectivity index (χ0v) is 17.0. The number of ether oxygens (including phenoxy) is 1. The highest BCUT2D eigenvalue weighted by molar-refractivity contribution is 9.10. The Morgan fingerprint density at radius 1 is 1.15 bits per heavy atom. The van der Waals surface area contributed by atoms with E-state index in [0.717, 1.165) is 16.1 Å². The van der Waals surface area contributed by atoms with Crippen molar-refractivity contribution in [3.63, 3.8) is 0 Å². The van der Waals surface area contributed by atoms with Crippen LogP contribution in [0.2, 0.25) is 0 Å². The average molecular weight is 456 g/mol. The number of aryl methyl sites for hydroxylation is 1. The van der Waals surface area contributed by atoms with Gasteiger partial charge in [0.2, 0.25) is 15.9 Å². The molecule has 2 aromatic carbocycles. The van der Waals surface area contributed by atoms with Crippen LogP contribution in [0.15, 0.2) is 45.8 Å². The van der Waals surface area contributed by atoms with Crippen molar-refractivity contribution in [3.05, 3.63) is 52.0 Å². The van der Waals surface area contributed by atoms with Gasteiger partial charge in [0.05, 0.1) is 24.1 Å². The number of hydrogen-bond acceptors (Lipinski definition) is 6. The molecule has 0 fully saturated rings. The number of amides is 1. The van der Waals surface area contributed by atoms with E-state index >= 15 is 0 Å². The number of benzene rings is 2. The van der Waals surface area contributed by atoms with Gasteiger partial charge in [-0.1, -0.05) is 15.9 Å². The van der Waals surface area contributed by atoms with Crippen LogP contribution in [-0.4, -0.2) is 33.9 Å². The van der Waals surface area contributed by atoms with Crippen LogP contribution in [0.4, 0.5) is 11.4 Å². The monoisotopic (exact) mass is 455 g/mol. The Balaban J connectivity index is 2.16. The second-order valence-electron chi connectivity index (χ2n) is 5.60. The Morgan fingerprint density at radius 2 is 1.81 bits per heavy atom. The van der Waals surface area contributed by atoms with Gasteiger partial charge in [-0.15, -0.1) is 0 Å². The first kappa shape index (κ1) is 20.9. The van der Waals surface area contributed by atoms with Crippen LogP contribution >= 0.6 is 15.9 Å². The molecule has 144 valence electrons. The van der Waals surface area contributed by atoms with Crippen molar-refractivity contribution in [2.45, 2.75) is 11.8 Å². The molecule has 0 spiro atoms. The standard InChI is InChI=1S/C17H18BrN3O5S/c1-10-7-11(18)3-5-14(10)21-16(22)9-20-15-6-4-12(27(19,24)25)8-13(15)17(23)26-2/h3-8,20H,9H2,1-2H3,(H,21,22)(H2,19,24,25). The van der Waals surface area contributed by atoms with Gasteiger partial charge in [0.1, 0.15) is 0 Å². The molecule has 4 N–H and O–H groups in total. The minimum Gasteiger partial charge on any atom is -0.465 e. The molecular weight excluding hydrogens is 438 g/mol. The summed E-state index contributed by atoms with van der Waals surface area (Å²) in [7, 11) is -2.82. The normalized spacial score (nSPS) is 11.0. The summed E-state index contributed by atoms with van der Waals surface area (Å²) in [5.41, 5.74) is 1.74. The molecule has 0 aromatic heterocycles. The highest BCUT2D eigenvalue weighted by atomic mass is 79.9. The van der Waals surface area contributed by atoms with Crippen LogP contribution in [0.1, 0.15) is 15.9 Å². The van der Waals surface area contributed by atoms with Gasteiger partial charge in [-0.3, -0.25) is 4.79 Å². The van der Waals surface area contributed by atoms with E-state index in [0.29, 0.717) is 5.69 Å². The van der Waals surface area contributed by atoms with E-state index in [1.165, 1.54) is 19.2 Å². The van der Waals surface area contributed by atoms with Crippen molar-refractivity contribution in [1.29, 1.82) is 0 Å². The molecule has 0 aliphatic carbocycles. The Labute approximate surface area is 165 Å². The lowest BCUT2D eigenvalue weighted by atomic mass is 10.1. The minimum absolute atomic E-state index is 0.0448. The maximum Gasteiger partial charge on any atom is 0.340 e. The van der Waals surface area contributed by atoms with Crippen molar-refractivity contribution in [2.24, 2.45) is 5.14 Å². The van der Waals surface area contributed by atoms with Crippen molar-refractivity contribution < 1.29 is 22.7 Å². The fourth-order valence-corrected chi connectivity index (χ4v) is 3.29. The Morgan fingerprint density at radius 3 is 2.41 bits per heavy atom. The van der Waals surface area contributed by atoms with Gasteiger partial charge >= 0.3 is 5.97 Å². The molecule has 0 bridgehead atoms. The number of sulfonamides is 1. The summed E-state index contributed by atoms with van der Waals surface area (Å²) in [6.45, 7) is 1.71. The molecular formula is C17H18BrN3O5S. The van der Waals surface area contributed by atoms with Gasteiger partial charge in [-0.05, 0) is 48.9 Å². The fraction of sp³-hybridized carbons (Fsp3) is 0.176. The molecule has 0 saturated heterocycles. The van der Waals surface area contributed by atoms with E-state index in [-0.39, 0.29) is 28.6 Å². The molecule has 2 rings (SSSR count). The number of hydrogen-bond donors (Lipinski definition) is 3. The number of methoxy groups -OCH3 is 1. The lowest BCUT2D eigenvalue weighted by Crippen LogP contribution is -2.23. The molecule has 0 aliphatic rings. The maximum absolute atomic E-state index is 12.2. The van der Waals surface area contributed by atoms with Gasteiger partial charge in [-0.25, -0.2) is 18.4 Å². The van der Waals surface area contributed by atoms with Crippen molar-refractivity contribution >= 4 is 49.2 Å². The van der Waals surface area contributed by atoms with E-state index in [2.05, 4.69) is 31.3 Å². The molecule has 8 nitrogen and oxygen atoms in total. The summed E-state index contributed by atoms with van der Waals surface area (Å²) in [6, 6.07) is 9.12. The van der Waals surface area contributed by atoms with Crippen LogP contribution in [0, 0.1) is 6.92 Å². The third-order valence-corrected chi connectivity index (χ3v) is 5.03. The second kappa shape index (κ2) is 8.51. The second-order valence-corrected chi connectivity index (χ2v) is 8.08. The number of anilines is 2. The quantitative estimate of drug-likeness (QED) is 0.573. The number of rotatable bonds is 6. The van der Waals surface area contributed by atoms with Crippen LogP contribution in [0.3, 0.4) is 0 Å². The average Bonchev–Trinajstić information content (AvgIpc) is 2.60. The van der Waals surface area contributed by atoms with Gasteiger partial charge in [0, 0.05) is 15.8 Å². The smallest absolute Gasteiger partial charge is 0.340 e. The number of nitrogens with one attached hydrogen (secondary N) is 2. The van der Waals surface area contributed by atoms with Gasteiger partial charge < -0.3 is 15.4 Å². The molecule has 0 atom stereocenters. The Hall–Kier alpha value is -2.43. The fourth-order valence-electron chi connectivity index (χ4n) is 2.27. The number of carbonyl (C=O) groups excluding carboxylic acids is 2. The van der Waals surface area contributed by atoms with Gasteiger partial charge in [-0.2, -0.15) is 0 Å². The zero-order chi connectivity index (χ0) is 20.2. The van der Waals surface area contributed by atoms with E-state index in [4.69, 9.17) is 5.14 Å². The van der Waals surface area contributed by atoms with Gasteiger partial charge in [0.25, 0.3) is 0 Å². The van der Waals surface area contributed by atoms with E-state index in [1.54, 1.807) is 12.1 Å². The molecule has 0 unspecified atom stereocenters. The molecule has 2 aromatic rings. The molecule has 0 aliphatic heterocycles. The highest BCUT2D eigenvalue weighted by Gasteiger charge is 2.17. The lowest BCUT2D eigenvalue weighted by Gasteiger charge is -2.13. The van der Waals surface area contributed by atoms with Gasteiger partial charge in [0.15, 0.2) is 0 Å². The third-order valence-electron chi connectivity index (χ3n) is 3.63. The molecule has 10 heteroatoms. The Bertz CT molecular complexity index is 992. The van der Waals surface area contributed by atoms with E-state index < -0.39 is 16.0 Å². The number of primary sulfonamides is 1. The SMILES string of the molecule is COC(=O)c1cc(S(N)(=O)=O)ccc1NCC(=O)Nc1ccc(Br)cc1C. The van der Waals surface area contributed by atoms with E-state index in [1.807, 2.05) is 13.0 Å². The van der Waals surface area contributed by atoms with Crippen molar-refractivity contribution in [2.75, 3.05) is 24.3 Å². The predicted molar refractivity (Wildman–Crippen MR) is 105 cm³/mol. The lowest BCUT2D eigenvalue weighted by molar-refractivity contribution is -0.114. The number of nitrogens with two attached hydrogens (primary N) is 1. The highest BCUT2D eigenvalue weighted by Crippen LogP contribution is 2.22. The predicted octanol–water partition coefficient (Wildman–Crippen LogP) is 2.24. The number of halogens is 1. The molecule has 0 radical (unpaired) electrons. The number of esters is 1. The van der Waals surface area contributed by atoms with Crippen LogP contribution in [0.25, 0.3) is 0 Å². The molecule has 0 heterocycles. The minimum atomic E-state index is -3.98. The molecule has 27 heavy (non-hydrogen) atoms. The Kier molecular flexibility index (Phi) is 6.58.